The fourth-order valence-corrected chi connectivity index (χ4v) is 2.19. The molecule has 0 spiro atoms. The quantitative estimate of drug-likeness (QED) is 0.913. The second-order valence-electron chi connectivity index (χ2n) is 4.40. The van der Waals surface area contributed by atoms with Gasteiger partial charge in [-0.05, 0) is 25.0 Å². The minimum absolute atomic E-state index is 0.388. The molecule has 21 heavy (non-hydrogen) atoms. The number of nitrogens with zero attached hydrogens (tertiary/aromatic N) is 2. The number of anilines is 2. The highest BCUT2D eigenvalue weighted by atomic mass is 35.5. The van der Waals surface area contributed by atoms with Gasteiger partial charge >= 0.3 is 0 Å². The third kappa shape index (κ3) is 3.14. The van der Waals surface area contributed by atoms with Crippen LogP contribution in [0.1, 0.15) is 11.1 Å². The van der Waals surface area contributed by atoms with Crippen molar-refractivity contribution in [2.24, 2.45) is 0 Å². The summed E-state index contributed by atoms with van der Waals surface area (Å²) >= 11 is 12.0. The Morgan fingerprint density at radius 3 is 2.24 bits per heavy atom. The van der Waals surface area contributed by atoms with E-state index in [-0.39, 0.29) is 0 Å². The molecule has 7 heteroatoms. The molecule has 1 aromatic heterocycles. The Bertz CT molecular complexity index is 678. The van der Waals surface area contributed by atoms with E-state index in [1.165, 1.54) is 0 Å². The van der Waals surface area contributed by atoms with Crippen LogP contribution >= 0.6 is 23.2 Å². The van der Waals surface area contributed by atoms with Crippen molar-refractivity contribution in [2.75, 3.05) is 19.5 Å². The first kappa shape index (κ1) is 15.7. The topological polar surface area (TPSA) is 56.3 Å². The van der Waals surface area contributed by atoms with E-state index in [2.05, 4.69) is 15.5 Å². The average Bonchev–Trinajstić information content (AvgIpc) is 2.48. The van der Waals surface area contributed by atoms with Crippen molar-refractivity contribution in [3.8, 4) is 11.5 Å². The Balaban J connectivity index is 2.46. The van der Waals surface area contributed by atoms with Crippen molar-refractivity contribution in [1.29, 1.82) is 0 Å². The molecule has 0 amide bonds. The number of hydrogen-bond donors (Lipinski definition) is 1. The number of aromatic nitrogens is 2. The molecule has 0 bridgehead atoms. The lowest BCUT2D eigenvalue weighted by Crippen LogP contribution is -2.03. The summed E-state index contributed by atoms with van der Waals surface area (Å²) in [5, 5.41) is 12.0. The summed E-state index contributed by atoms with van der Waals surface area (Å²) in [6.07, 6.45) is 0. The molecule has 112 valence electrons. The van der Waals surface area contributed by atoms with E-state index in [1.54, 1.807) is 26.4 Å². The summed E-state index contributed by atoms with van der Waals surface area (Å²) < 4.78 is 10.5. The Morgan fingerprint density at radius 2 is 1.62 bits per heavy atom. The summed E-state index contributed by atoms with van der Waals surface area (Å²) in [5.74, 6) is 1.71. The number of hydrogen-bond acceptors (Lipinski definition) is 5. The molecule has 0 aliphatic carbocycles. The SMILES string of the molecule is COc1cc(Nc2nnc(Cl)c(C)c2C)c(OC)cc1Cl. The van der Waals surface area contributed by atoms with E-state index in [4.69, 9.17) is 32.7 Å². The molecule has 2 rings (SSSR count). The number of nitrogens with one attached hydrogen (secondary N) is 1. The van der Waals surface area contributed by atoms with Gasteiger partial charge in [0.15, 0.2) is 11.0 Å². The highest BCUT2D eigenvalue weighted by molar-refractivity contribution is 6.32. The first-order valence-corrected chi connectivity index (χ1v) is 6.91. The number of ether oxygens (including phenoxy) is 2. The molecule has 1 aromatic carbocycles. The molecule has 0 atom stereocenters. The average molecular weight is 328 g/mol. The van der Waals surface area contributed by atoms with Gasteiger partial charge in [-0.15, -0.1) is 10.2 Å². The predicted molar refractivity (Wildman–Crippen MR) is 84.4 cm³/mol. The molecular weight excluding hydrogens is 313 g/mol. The molecule has 0 saturated carbocycles. The molecule has 0 radical (unpaired) electrons. The van der Waals surface area contributed by atoms with Gasteiger partial charge in [0, 0.05) is 12.1 Å². The molecule has 0 unspecified atom stereocenters. The van der Waals surface area contributed by atoms with Gasteiger partial charge < -0.3 is 14.8 Å². The van der Waals surface area contributed by atoms with Gasteiger partial charge in [-0.3, -0.25) is 0 Å². The van der Waals surface area contributed by atoms with Crippen molar-refractivity contribution < 1.29 is 9.47 Å². The zero-order valence-corrected chi connectivity index (χ0v) is 13.6. The maximum Gasteiger partial charge on any atom is 0.156 e. The summed E-state index contributed by atoms with van der Waals surface area (Å²) in [7, 11) is 3.12. The van der Waals surface area contributed by atoms with Crippen molar-refractivity contribution in [3.63, 3.8) is 0 Å². The van der Waals surface area contributed by atoms with Gasteiger partial charge in [-0.25, -0.2) is 0 Å². The standard InChI is InChI=1S/C14H15Cl2N3O2/c1-7-8(2)14(19-18-13(7)16)17-10-6-11(20-3)9(15)5-12(10)21-4/h5-6H,1-4H3,(H,17,19). The number of halogens is 2. The Morgan fingerprint density at radius 1 is 0.952 bits per heavy atom. The van der Waals surface area contributed by atoms with Crippen LogP contribution in [0.15, 0.2) is 12.1 Å². The molecule has 0 aliphatic heterocycles. The van der Waals surface area contributed by atoms with Crippen LogP contribution in [0.25, 0.3) is 0 Å². The van der Waals surface area contributed by atoms with E-state index < -0.39 is 0 Å². The van der Waals surface area contributed by atoms with Gasteiger partial charge in [0.05, 0.1) is 24.9 Å². The number of rotatable bonds is 4. The van der Waals surface area contributed by atoms with Crippen LogP contribution in [0, 0.1) is 13.8 Å². The zero-order chi connectivity index (χ0) is 15.6. The Kier molecular flexibility index (Phi) is 4.75. The maximum atomic E-state index is 6.08. The van der Waals surface area contributed by atoms with E-state index in [9.17, 15) is 0 Å². The second-order valence-corrected chi connectivity index (χ2v) is 5.17. The van der Waals surface area contributed by atoms with Gasteiger partial charge in [0.25, 0.3) is 0 Å². The lowest BCUT2D eigenvalue weighted by Gasteiger charge is -2.15. The van der Waals surface area contributed by atoms with E-state index in [0.29, 0.717) is 33.2 Å². The number of benzene rings is 1. The van der Waals surface area contributed by atoms with E-state index in [0.717, 1.165) is 11.1 Å². The van der Waals surface area contributed by atoms with Crippen molar-refractivity contribution >= 4 is 34.7 Å². The van der Waals surface area contributed by atoms with Crippen LogP contribution in [0.5, 0.6) is 11.5 Å². The first-order valence-electron chi connectivity index (χ1n) is 6.15. The molecule has 5 nitrogen and oxygen atoms in total. The van der Waals surface area contributed by atoms with Gasteiger partial charge in [-0.2, -0.15) is 0 Å². The van der Waals surface area contributed by atoms with Crippen LogP contribution < -0.4 is 14.8 Å². The van der Waals surface area contributed by atoms with Crippen molar-refractivity contribution in [1.82, 2.24) is 10.2 Å². The van der Waals surface area contributed by atoms with Gasteiger partial charge in [0.1, 0.15) is 11.5 Å². The van der Waals surface area contributed by atoms with Crippen LogP contribution in [-0.2, 0) is 0 Å². The third-order valence-corrected chi connectivity index (χ3v) is 3.85. The molecule has 0 fully saturated rings. The fourth-order valence-electron chi connectivity index (χ4n) is 1.78. The monoisotopic (exact) mass is 327 g/mol. The maximum absolute atomic E-state index is 6.08. The van der Waals surface area contributed by atoms with Crippen LogP contribution in [0.3, 0.4) is 0 Å². The highest BCUT2D eigenvalue weighted by Gasteiger charge is 2.13. The first-order chi connectivity index (χ1) is 9.97. The molecule has 0 aliphatic rings. The van der Waals surface area contributed by atoms with Crippen LogP contribution in [-0.4, -0.2) is 24.4 Å². The van der Waals surface area contributed by atoms with Gasteiger partial charge in [-0.1, -0.05) is 23.2 Å². The van der Waals surface area contributed by atoms with Gasteiger partial charge in [0.2, 0.25) is 0 Å². The summed E-state index contributed by atoms with van der Waals surface area (Å²) in [6, 6.07) is 3.42. The van der Waals surface area contributed by atoms with Crippen LogP contribution in [0.2, 0.25) is 10.2 Å². The molecule has 1 N–H and O–H groups in total. The second kappa shape index (κ2) is 6.37. The lowest BCUT2D eigenvalue weighted by atomic mass is 10.2. The lowest BCUT2D eigenvalue weighted by molar-refractivity contribution is 0.405. The fraction of sp³-hybridized carbons (Fsp3) is 0.286. The third-order valence-electron chi connectivity index (χ3n) is 3.19. The van der Waals surface area contributed by atoms with Crippen molar-refractivity contribution in [2.45, 2.75) is 13.8 Å². The van der Waals surface area contributed by atoms with E-state index >= 15 is 0 Å². The largest absolute Gasteiger partial charge is 0.495 e. The minimum Gasteiger partial charge on any atom is -0.495 e. The summed E-state index contributed by atoms with van der Waals surface area (Å²) in [4.78, 5) is 0. The Labute approximate surface area is 133 Å². The zero-order valence-electron chi connectivity index (χ0n) is 12.1. The van der Waals surface area contributed by atoms with E-state index in [1.807, 2.05) is 13.8 Å². The minimum atomic E-state index is 0.388. The molecular formula is C14H15Cl2N3O2. The predicted octanol–water partition coefficient (Wildman–Crippen LogP) is 4.16. The molecule has 0 saturated heterocycles. The highest BCUT2D eigenvalue weighted by Crippen LogP contribution is 2.37. The Hall–Kier alpha value is -1.72. The molecule has 1 heterocycles. The molecule has 2 aromatic rings. The summed E-state index contributed by atoms with van der Waals surface area (Å²) in [5.41, 5.74) is 2.46. The van der Waals surface area contributed by atoms with Crippen molar-refractivity contribution in [3.05, 3.63) is 33.4 Å². The van der Waals surface area contributed by atoms with Crippen LogP contribution in [0.4, 0.5) is 11.5 Å². The smallest absolute Gasteiger partial charge is 0.156 e. The summed E-state index contributed by atoms with van der Waals surface area (Å²) in [6.45, 7) is 3.80. The normalized spacial score (nSPS) is 10.4. The number of methoxy groups -OCH3 is 2.